The van der Waals surface area contributed by atoms with Gasteiger partial charge >= 0.3 is 12.2 Å². The number of likely N-dealkylation sites (tertiary alicyclic amines) is 2. The van der Waals surface area contributed by atoms with E-state index >= 15 is 0 Å². The van der Waals surface area contributed by atoms with Gasteiger partial charge in [0.25, 0.3) is 11.8 Å². The lowest BCUT2D eigenvalue weighted by molar-refractivity contribution is -0.144. The molecule has 2 unspecified atom stereocenters. The Hall–Kier alpha value is -6.44. The van der Waals surface area contributed by atoms with E-state index in [2.05, 4.69) is 33.8 Å². The van der Waals surface area contributed by atoms with Gasteiger partial charge in [0.2, 0.25) is 5.91 Å². The third-order valence-electron chi connectivity index (χ3n) is 11.4. The quantitative estimate of drug-likeness (QED) is 0.145. The largest absolute Gasteiger partial charge is 0.444 e. The number of aromatic amines is 1. The number of ether oxygens (including phenoxy) is 2. The van der Waals surface area contributed by atoms with Gasteiger partial charge in [0.15, 0.2) is 0 Å². The number of alkyl carbamates (subject to hydrolysis) is 2. The van der Waals surface area contributed by atoms with Gasteiger partial charge in [0.05, 0.1) is 17.9 Å². The van der Waals surface area contributed by atoms with Crippen LogP contribution >= 0.6 is 0 Å². The van der Waals surface area contributed by atoms with Crippen molar-refractivity contribution in [1.29, 1.82) is 0 Å². The summed E-state index contributed by atoms with van der Waals surface area (Å²) in [6, 6.07) is 23.6. The van der Waals surface area contributed by atoms with Crippen LogP contribution in [0.25, 0.3) is 16.8 Å². The summed E-state index contributed by atoms with van der Waals surface area (Å²) in [4.78, 5) is 81.4. The smallest absolute Gasteiger partial charge is 0.408 e. The Labute approximate surface area is 369 Å². The molecule has 5 amide bonds. The molecular weight excluding hydrogens is 799 g/mol. The molecule has 3 N–H and O–H groups in total. The average molecular weight is 858 g/mol. The minimum Gasteiger partial charge on any atom is -0.444 e. The standard InChI is InChI=1S/C49H59N7O7/c1-48(2,3)62-46(60)52-40(35-15-9-7-10-16-35)44(58)55-27-13-19-38(55)42-50-31-37(51-42)34-23-21-32(22-24-34)33-25-29-54(30-26-33)43(57)39-20-14-28-56(39)45(59)41(36-17-11-8-12-18-36)53-47(61)63-49(4,5)6/h7-12,15-18,21-25,31,38-41H,13-14,19-20,26-30H2,1-6H3,(H,50,51)(H,52,60)(H,53,61)/t38?,39?,40-,41+/m1/s1. The fourth-order valence-electron chi connectivity index (χ4n) is 8.51. The lowest BCUT2D eigenvalue weighted by atomic mass is 9.97. The Bertz CT molecular complexity index is 2300. The van der Waals surface area contributed by atoms with Crippen molar-refractivity contribution < 1.29 is 33.4 Å². The Balaban J connectivity index is 0.985. The predicted molar refractivity (Wildman–Crippen MR) is 239 cm³/mol. The average Bonchev–Trinajstić information content (AvgIpc) is 4.06. The molecule has 3 aliphatic rings. The summed E-state index contributed by atoms with van der Waals surface area (Å²) >= 11 is 0. The van der Waals surface area contributed by atoms with Crippen molar-refractivity contribution in [1.82, 2.24) is 35.3 Å². The minimum atomic E-state index is -0.993. The Morgan fingerprint density at radius 1 is 0.683 bits per heavy atom. The number of rotatable bonds is 10. The van der Waals surface area contributed by atoms with Gasteiger partial charge in [-0.3, -0.25) is 14.4 Å². The van der Waals surface area contributed by atoms with E-state index in [0.29, 0.717) is 62.4 Å². The molecule has 2 saturated heterocycles. The monoisotopic (exact) mass is 857 g/mol. The topological polar surface area (TPSA) is 166 Å². The summed E-state index contributed by atoms with van der Waals surface area (Å²) in [5.41, 5.74) is 3.78. The molecule has 332 valence electrons. The lowest BCUT2D eigenvalue weighted by Crippen LogP contribution is -2.52. The van der Waals surface area contributed by atoms with Crippen LogP contribution in [0, 0.1) is 0 Å². The molecule has 4 atom stereocenters. The van der Waals surface area contributed by atoms with E-state index < -0.39 is 41.5 Å². The molecule has 7 rings (SSSR count). The maximum absolute atomic E-state index is 14.2. The van der Waals surface area contributed by atoms with Crippen LogP contribution in [-0.2, 0) is 23.9 Å². The maximum atomic E-state index is 14.2. The van der Waals surface area contributed by atoms with E-state index in [1.54, 1.807) is 69.7 Å². The highest BCUT2D eigenvalue weighted by Gasteiger charge is 2.41. The number of carbonyl (C=O) groups excluding carboxylic acids is 5. The number of nitrogens with one attached hydrogen (secondary N) is 3. The molecule has 2 fully saturated rings. The van der Waals surface area contributed by atoms with Crippen LogP contribution in [0.3, 0.4) is 0 Å². The fourth-order valence-corrected chi connectivity index (χ4v) is 8.51. The van der Waals surface area contributed by atoms with Gasteiger partial charge in [-0.05, 0) is 101 Å². The summed E-state index contributed by atoms with van der Waals surface area (Å²) in [5.74, 6) is 0.0272. The second-order valence-corrected chi connectivity index (χ2v) is 18.4. The van der Waals surface area contributed by atoms with Crippen LogP contribution in [0.2, 0.25) is 0 Å². The SMILES string of the molecule is CC(C)(C)OC(=O)N[C@H](C(=O)N1CCCC1C(=O)N1CC=C(c2ccc(-c3cnc(C4CCCN4C(=O)[C@H](NC(=O)OC(C)(C)C)c4ccccc4)[nH]3)cc2)CC1)c1ccccc1. The van der Waals surface area contributed by atoms with Crippen LogP contribution < -0.4 is 10.6 Å². The van der Waals surface area contributed by atoms with E-state index in [1.165, 1.54) is 0 Å². The molecule has 0 spiro atoms. The molecule has 3 aliphatic heterocycles. The number of hydrogen-bond acceptors (Lipinski definition) is 8. The van der Waals surface area contributed by atoms with Gasteiger partial charge in [-0.15, -0.1) is 0 Å². The van der Waals surface area contributed by atoms with Crippen LogP contribution in [-0.4, -0.2) is 98.0 Å². The number of benzene rings is 3. The van der Waals surface area contributed by atoms with Crippen molar-refractivity contribution in [3.63, 3.8) is 0 Å². The molecule has 4 aromatic rings. The second kappa shape index (κ2) is 18.9. The third-order valence-corrected chi connectivity index (χ3v) is 11.4. The molecule has 0 saturated carbocycles. The molecule has 1 aromatic heterocycles. The number of nitrogens with zero attached hydrogens (tertiary/aromatic N) is 4. The number of imidazole rings is 1. The van der Waals surface area contributed by atoms with Crippen LogP contribution in [0.5, 0.6) is 0 Å². The van der Waals surface area contributed by atoms with Crippen molar-refractivity contribution in [3.8, 4) is 11.3 Å². The minimum absolute atomic E-state index is 0.0944. The summed E-state index contributed by atoms with van der Waals surface area (Å²) in [5, 5.41) is 5.57. The maximum Gasteiger partial charge on any atom is 0.408 e. The lowest BCUT2D eigenvalue weighted by Gasteiger charge is -2.34. The molecule has 14 nitrogen and oxygen atoms in total. The van der Waals surface area contributed by atoms with E-state index in [-0.39, 0.29) is 23.8 Å². The van der Waals surface area contributed by atoms with Crippen molar-refractivity contribution in [2.75, 3.05) is 26.2 Å². The van der Waals surface area contributed by atoms with Crippen molar-refractivity contribution in [2.24, 2.45) is 0 Å². The van der Waals surface area contributed by atoms with E-state index in [1.807, 2.05) is 65.6 Å². The third kappa shape index (κ3) is 11.0. The fraction of sp³-hybridized carbons (Fsp3) is 0.429. The highest BCUT2D eigenvalue weighted by Crippen LogP contribution is 2.35. The molecule has 4 heterocycles. The summed E-state index contributed by atoms with van der Waals surface area (Å²) in [6.45, 7) is 12.5. The zero-order valence-electron chi connectivity index (χ0n) is 37.1. The highest BCUT2D eigenvalue weighted by molar-refractivity contribution is 5.93. The summed E-state index contributed by atoms with van der Waals surface area (Å²) in [6.07, 6.45) is 5.93. The number of aromatic nitrogens is 2. The molecule has 0 aliphatic carbocycles. The Morgan fingerprint density at radius 3 is 1.75 bits per heavy atom. The van der Waals surface area contributed by atoms with E-state index in [9.17, 15) is 24.0 Å². The highest BCUT2D eigenvalue weighted by atomic mass is 16.6. The Kier molecular flexibility index (Phi) is 13.4. The van der Waals surface area contributed by atoms with Crippen molar-refractivity contribution >= 4 is 35.5 Å². The van der Waals surface area contributed by atoms with Crippen LogP contribution in [0.4, 0.5) is 9.59 Å². The van der Waals surface area contributed by atoms with Gasteiger partial charge in [-0.2, -0.15) is 0 Å². The first-order chi connectivity index (χ1) is 30.0. The van der Waals surface area contributed by atoms with Gasteiger partial charge < -0.3 is 39.8 Å². The van der Waals surface area contributed by atoms with Gasteiger partial charge in [0, 0.05) is 26.2 Å². The van der Waals surface area contributed by atoms with Gasteiger partial charge in [-0.25, -0.2) is 14.6 Å². The van der Waals surface area contributed by atoms with Crippen LogP contribution in [0.1, 0.15) is 114 Å². The first-order valence-corrected chi connectivity index (χ1v) is 21.9. The Morgan fingerprint density at radius 2 is 1.21 bits per heavy atom. The summed E-state index contributed by atoms with van der Waals surface area (Å²) in [7, 11) is 0. The normalized spacial score (nSPS) is 18.9. The second-order valence-electron chi connectivity index (χ2n) is 18.4. The molecular formula is C49H59N7O7. The number of hydrogen-bond donors (Lipinski definition) is 3. The van der Waals surface area contributed by atoms with Gasteiger partial charge in [0.1, 0.15) is 35.2 Å². The zero-order chi connectivity index (χ0) is 44.9. The molecule has 3 aromatic carbocycles. The molecule has 14 heteroatoms. The van der Waals surface area contributed by atoms with Gasteiger partial charge in [-0.1, -0.05) is 91.0 Å². The van der Waals surface area contributed by atoms with E-state index in [0.717, 1.165) is 35.2 Å². The number of carbonyl (C=O) groups is 5. The zero-order valence-corrected chi connectivity index (χ0v) is 37.1. The summed E-state index contributed by atoms with van der Waals surface area (Å²) < 4.78 is 11.0. The first kappa shape index (κ1) is 44.6. The number of amides is 5. The molecule has 0 bridgehead atoms. The van der Waals surface area contributed by atoms with Crippen molar-refractivity contribution in [2.45, 2.75) is 109 Å². The van der Waals surface area contributed by atoms with E-state index in [4.69, 9.17) is 14.5 Å². The van der Waals surface area contributed by atoms with Crippen LogP contribution in [0.15, 0.2) is 97.2 Å². The first-order valence-electron chi connectivity index (χ1n) is 21.9. The molecule has 63 heavy (non-hydrogen) atoms. The molecule has 0 radical (unpaired) electrons. The number of H-pyrrole nitrogens is 1. The predicted octanol–water partition coefficient (Wildman–Crippen LogP) is 7.88. The van der Waals surface area contributed by atoms with Crippen molar-refractivity contribution in [3.05, 3.63) is 120 Å².